The van der Waals surface area contributed by atoms with Crippen LogP contribution in [0.25, 0.3) is 0 Å². The highest BCUT2D eigenvalue weighted by Crippen LogP contribution is 2.49. The van der Waals surface area contributed by atoms with Gasteiger partial charge in [-0.3, -0.25) is 4.79 Å². The number of hydrogen-bond donors (Lipinski definition) is 4. The maximum absolute atomic E-state index is 11.3. The van der Waals surface area contributed by atoms with Crippen LogP contribution in [0.4, 0.5) is 0 Å². The zero-order valence-corrected chi connectivity index (χ0v) is 24.6. The summed E-state index contributed by atoms with van der Waals surface area (Å²) in [6.45, 7) is 3.33. The molecule has 3 atom stereocenters. The Morgan fingerprint density at radius 2 is 1.64 bits per heavy atom. The van der Waals surface area contributed by atoms with Crippen LogP contribution in [0.3, 0.4) is 0 Å². The van der Waals surface area contributed by atoms with E-state index in [9.17, 15) is 14.7 Å². The Balaban J connectivity index is 0.000000416. The largest absolute Gasteiger partial charge is 0.494 e. The zero-order valence-electron chi connectivity index (χ0n) is 23.8. The average Bonchev–Trinajstić information content (AvgIpc) is 3.14. The molecular formula is C32H40N2O7S. The molecule has 6 N–H and O–H groups in total. The molecule has 3 aromatic rings. The summed E-state index contributed by atoms with van der Waals surface area (Å²) in [5.74, 6) is 0.661. The fourth-order valence-corrected chi connectivity index (χ4v) is 5.52. The zero-order chi connectivity index (χ0) is 30.3. The molecule has 0 saturated heterocycles. The van der Waals surface area contributed by atoms with E-state index in [4.69, 9.17) is 30.8 Å². The second-order valence-corrected chi connectivity index (χ2v) is 10.9. The number of rotatable bonds is 14. The van der Waals surface area contributed by atoms with Crippen LogP contribution in [0.5, 0.6) is 17.2 Å². The highest BCUT2D eigenvalue weighted by atomic mass is 32.2. The van der Waals surface area contributed by atoms with Crippen LogP contribution in [0.2, 0.25) is 0 Å². The van der Waals surface area contributed by atoms with Crippen LogP contribution in [-0.4, -0.2) is 54.1 Å². The number of aliphatic carboxylic acids is 2. The minimum atomic E-state index is -0.945. The lowest BCUT2D eigenvalue weighted by Gasteiger charge is -2.17. The Hall–Kier alpha value is -3.57. The Morgan fingerprint density at radius 3 is 2.31 bits per heavy atom. The topological polar surface area (TPSA) is 154 Å². The maximum atomic E-state index is 11.3. The molecule has 1 aliphatic rings. The standard InChI is InChI=1S/C26H26O5S.C6H14N2O2/c1-2-29-23(26(27)28)17-18-11-13-19(14-12-18)30-16-15-24-20-7-3-4-8-21(20)31-22-9-5-6-10-25(22)32-24;7-4-2-1-3-5(8)6(9)10/h3-14,23-24H,2,15-17H2,1H3,(H,27,28);5H,1-4,7-8H2,(H,9,10)/t;5-/m.0/s1. The van der Waals surface area contributed by atoms with Gasteiger partial charge in [0.1, 0.15) is 23.3 Å². The van der Waals surface area contributed by atoms with Gasteiger partial charge >= 0.3 is 11.9 Å². The van der Waals surface area contributed by atoms with Crippen molar-refractivity contribution in [3.8, 4) is 17.2 Å². The number of unbranched alkanes of at least 4 members (excludes halogenated alkanes) is 1. The van der Waals surface area contributed by atoms with Gasteiger partial charge in [0.2, 0.25) is 0 Å². The van der Waals surface area contributed by atoms with E-state index in [-0.39, 0.29) is 5.25 Å². The second-order valence-electron chi connectivity index (χ2n) is 9.69. The van der Waals surface area contributed by atoms with Crippen LogP contribution in [0, 0.1) is 0 Å². The van der Waals surface area contributed by atoms with Crippen molar-refractivity contribution in [3.05, 3.63) is 83.9 Å². The first kappa shape index (κ1) is 32.9. The second kappa shape index (κ2) is 17.4. The molecule has 42 heavy (non-hydrogen) atoms. The quantitative estimate of drug-likeness (QED) is 0.172. The number of benzene rings is 3. The number of carbonyl (C=O) groups is 2. The van der Waals surface area contributed by atoms with Gasteiger partial charge in [-0.25, -0.2) is 4.79 Å². The van der Waals surface area contributed by atoms with Crippen molar-refractivity contribution in [1.29, 1.82) is 0 Å². The molecule has 226 valence electrons. The SMILES string of the molecule is CCOC(Cc1ccc(OCCC2Sc3ccccc3Oc3ccccc32)cc1)C(=O)O.NCCCC[C@H](N)C(=O)O. The molecule has 4 rings (SSSR count). The van der Waals surface area contributed by atoms with E-state index in [0.29, 0.717) is 32.6 Å². The van der Waals surface area contributed by atoms with Gasteiger partial charge in [-0.2, -0.15) is 0 Å². The van der Waals surface area contributed by atoms with Crippen molar-refractivity contribution < 1.29 is 34.0 Å². The van der Waals surface area contributed by atoms with Gasteiger partial charge < -0.3 is 35.9 Å². The van der Waals surface area contributed by atoms with E-state index in [1.54, 1.807) is 18.7 Å². The predicted octanol–water partition coefficient (Wildman–Crippen LogP) is 5.65. The number of ether oxygens (including phenoxy) is 3. The van der Waals surface area contributed by atoms with E-state index in [1.807, 2.05) is 60.7 Å². The molecule has 0 spiro atoms. The van der Waals surface area contributed by atoms with Crippen molar-refractivity contribution in [2.24, 2.45) is 11.5 Å². The molecule has 10 heteroatoms. The molecule has 9 nitrogen and oxygen atoms in total. The van der Waals surface area contributed by atoms with E-state index < -0.39 is 24.1 Å². The molecule has 0 saturated carbocycles. The summed E-state index contributed by atoms with van der Waals surface area (Å²) in [5, 5.41) is 17.8. The Bertz CT molecular complexity index is 1270. The van der Waals surface area contributed by atoms with Gasteiger partial charge in [-0.05, 0) is 68.6 Å². The first-order valence-corrected chi connectivity index (χ1v) is 15.0. The van der Waals surface area contributed by atoms with Crippen molar-refractivity contribution >= 4 is 23.7 Å². The summed E-state index contributed by atoms with van der Waals surface area (Å²) in [7, 11) is 0. The number of para-hydroxylation sites is 2. The molecule has 0 aromatic heterocycles. The van der Waals surface area contributed by atoms with Crippen molar-refractivity contribution in [1.82, 2.24) is 0 Å². The van der Waals surface area contributed by atoms with Gasteiger partial charge in [0, 0.05) is 23.8 Å². The van der Waals surface area contributed by atoms with Gasteiger partial charge in [-0.1, -0.05) is 48.9 Å². The number of nitrogens with two attached hydrogens (primary N) is 2. The summed E-state index contributed by atoms with van der Waals surface area (Å²) in [6, 6.07) is 23.1. The van der Waals surface area contributed by atoms with Crippen molar-refractivity contribution in [3.63, 3.8) is 0 Å². The Labute approximate surface area is 251 Å². The smallest absolute Gasteiger partial charge is 0.333 e. The summed E-state index contributed by atoms with van der Waals surface area (Å²) in [4.78, 5) is 22.5. The van der Waals surface area contributed by atoms with Crippen molar-refractivity contribution in [2.75, 3.05) is 19.8 Å². The minimum absolute atomic E-state index is 0.219. The van der Waals surface area contributed by atoms with E-state index in [1.165, 1.54) is 5.56 Å². The van der Waals surface area contributed by atoms with E-state index in [0.717, 1.165) is 47.0 Å². The number of carboxylic acids is 2. The lowest BCUT2D eigenvalue weighted by molar-refractivity contribution is -0.150. The van der Waals surface area contributed by atoms with Gasteiger partial charge in [0.25, 0.3) is 0 Å². The average molecular weight is 597 g/mol. The highest BCUT2D eigenvalue weighted by molar-refractivity contribution is 7.99. The van der Waals surface area contributed by atoms with Crippen LogP contribution in [0.15, 0.2) is 77.7 Å². The normalized spacial score (nSPS) is 15.0. The summed E-state index contributed by atoms with van der Waals surface area (Å²) in [5.41, 5.74) is 12.5. The maximum Gasteiger partial charge on any atom is 0.333 e. The number of carboxylic acid groups (broad SMARTS) is 2. The molecule has 3 aromatic carbocycles. The highest BCUT2D eigenvalue weighted by Gasteiger charge is 2.24. The van der Waals surface area contributed by atoms with Gasteiger partial charge in [0.15, 0.2) is 6.10 Å². The van der Waals surface area contributed by atoms with Crippen LogP contribution in [0.1, 0.15) is 49.0 Å². The molecule has 0 aliphatic carbocycles. The molecule has 0 amide bonds. The van der Waals surface area contributed by atoms with E-state index >= 15 is 0 Å². The first-order valence-electron chi connectivity index (χ1n) is 14.1. The Morgan fingerprint density at radius 1 is 0.952 bits per heavy atom. The van der Waals surface area contributed by atoms with Crippen LogP contribution < -0.4 is 20.9 Å². The molecule has 1 heterocycles. The number of hydrogen-bond acceptors (Lipinski definition) is 8. The lowest BCUT2D eigenvalue weighted by Crippen LogP contribution is -2.29. The molecular weight excluding hydrogens is 556 g/mol. The lowest BCUT2D eigenvalue weighted by atomic mass is 10.1. The molecule has 0 radical (unpaired) electrons. The summed E-state index contributed by atoms with van der Waals surface area (Å²) in [6.07, 6.45) is 2.49. The third-order valence-corrected chi connectivity index (χ3v) is 7.89. The molecule has 0 fully saturated rings. The van der Waals surface area contributed by atoms with Crippen LogP contribution in [-0.2, 0) is 20.7 Å². The fraction of sp³-hybridized carbons (Fsp3) is 0.375. The van der Waals surface area contributed by atoms with Gasteiger partial charge in [0.05, 0.1) is 11.5 Å². The summed E-state index contributed by atoms with van der Waals surface area (Å²) < 4.78 is 17.5. The Kier molecular flexibility index (Phi) is 13.6. The molecule has 0 bridgehead atoms. The molecule has 2 unspecified atom stereocenters. The first-order chi connectivity index (χ1) is 20.3. The van der Waals surface area contributed by atoms with E-state index in [2.05, 4.69) is 12.1 Å². The third kappa shape index (κ3) is 10.4. The van der Waals surface area contributed by atoms with Gasteiger partial charge in [-0.15, -0.1) is 11.8 Å². The third-order valence-electron chi connectivity index (χ3n) is 6.53. The molecule has 1 aliphatic heterocycles. The fourth-order valence-electron chi connectivity index (χ4n) is 4.29. The monoisotopic (exact) mass is 596 g/mol. The summed E-state index contributed by atoms with van der Waals surface area (Å²) >= 11 is 1.80. The number of thioether (sulfide) groups is 1. The van der Waals surface area contributed by atoms with Crippen LogP contribution >= 0.6 is 11.8 Å². The predicted molar refractivity (Wildman–Crippen MR) is 163 cm³/mol. The number of fused-ring (bicyclic) bond motifs is 2. The minimum Gasteiger partial charge on any atom is -0.494 e. The van der Waals surface area contributed by atoms with Crippen molar-refractivity contribution in [2.45, 2.75) is 61.3 Å².